The van der Waals surface area contributed by atoms with Crippen molar-refractivity contribution in [3.8, 4) is 5.75 Å². The van der Waals surface area contributed by atoms with E-state index in [0.29, 0.717) is 35.6 Å². The van der Waals surface area contributed by atoms with Gasteiger partial charge in [-0.05, 0) is 36.2 Å². The summed E-state index contributed by atoms with van der Waals surface area (Å²) in [5, 5.41) is 7.01. The van der Waals surface area contributed by atoms with Gasteiger partial charge in [0.15, 0.2) is 0 Å². The number of para-hydroxylation sites is 1. The third-order valence-electron chi connectivity index (χ3n) is 4.58. The maximum atomic E-state index is 12.7. The molecule has 0 aliphatic rings. The van der Waals surface area contributed by atoms with Crippen molar-refractivity contribution in [2.45, 2.75) is 20.0 Å². The van der Waals surface area contributed by atoms with E-state index in [-0.39, 0.29) is 18.4 Å². The summed E-state index contributed by atoms with van der Waals surface area (Å²) in [4.78, 5) is 24.9. The van der Waals surface area contributed by atoms with Gasteiger partial charge in [0.2, 0.25) is 0 Å². The quantitative estimate of drug-likeness (QED) is 0.406. The Morgan fingerprint density at radius 2 is 1.48 bits per heavy atom. The minimum atomic E-state index is -0.371. The van der Waals surface area contributed by atoms with Crippen molar-refractivity contribution in [3.63, 3.8) is 0 Å². The van der Waals surface area contributed by atoms with Crippen LogP contribution in [0.25, 0.3) is 0 Å². The van der Waals surface area contributed by atoms with Crippen LogP contribution in [0.2, 0.25) is 0 Å². The van der Waals surface area contributed by atoms with Gasteiger partial charge in [0.05, 0.1) is 17.8 Å². The van der Waals surface area contributed by atoms with Crippen LogP contribution >= 0.6 is 0 Å². The third kappa shape index (κ3) is 6.54. The van der Waals surface area contributed by atoms with Gasteiger partial charge >= 0.3 is 0 Å². The summed E-state index contributed by atoms with van der Waals surface area (Å²) in [5.41, 5.74) is 5.20. The van der Waals surface area contributed by atoms with E-state index >= 15 is 0 Å². The van der Waals surface area contributed by atoms with Gasteiger partial charge in [-0.1, -0.05) is 67.6 Å². The van der Waals surface area contributed by atoms with Crippen LogP contribution in [0.5, 0.6) is 5.75 Å². The van der Waals surface area contributed by atoms with Crippen LogP contribution in [0.1, 0.15) is 39.6 Å². The second kappa shape index (κ2) is 11.3. The molecule has 2 N–H and O–H groups in total. The van der Waals surface area contributed by atoms with Crippen molar-refractivity contribution in [2.75, 3.05) is 6.54 Å². The van der Waals surface area contributed by atoms with Gasteiger partial charge in [-0.15, -0.1) is 0 Å². The summed E-state index contributed by atoms with van der Waals surface area (Å²) in [6.07, 6.45) is 0.585. The van der Waals surface area contributed by atoms with Gasteiger partial charge < -0.3 is 10.1 Å². The number of nitrogens with one attached hydrogen (secondary N) is 2. The van der Waals surface area contributed by atoms with Gasteiger partial charge in [0, 0.05) is 5.56 Å². The van der Waals surface area contributed by atoms with Crippen molar-refractivity contribution in [1.82, 2.24) is 10.7 Å². The predicted molar refractivity (Wildman–Crippen MR) is 121 cm³/mol. The molecule has 2 amide bonds. The van der Waals surface area contributed by atoms with E-state index in [2.05, 4.69) is 15.8 Å². The Bertz CT molecular complexity index is 1030. The number of carbonyl (C=O) groups is 2. The Kier molecular flexibility index (Phi) is 7.94. The lowest BCUT2D eigenvalue weighted by atomic mass is 10.2. The van der Waals surface area contributed by atoms with E-state index in [9.17, 15) is 9.59 Å². The first kappa shape index (κ1) is 21.8. The van der Waals surface area contributed by atoms with Crippen LogP contribution in [0.15, 0.2) is 90.0 Å². The van der Waals surface area contributed by atoms with Gasteiger partial charge in [-0.25, -0.2) is 5.43 Å². The monoisotopic (exact) mass is 415 g/mol. The number of benzene rings is 3. The molecule has 0 unspecified atom stereocenters. The smallest absolute Gasteiger partial charge is 0.275 e. The average molecular weight is 415 g/mol. The molecular formula is C25H25N3O3. The first-order valence-electron chi connectivity index (χ1n) is 10.1. The largest absolute Gasteiger partial charge is 0.488 e. The molecule has 0 aliphatic heterocycles. The van der Waals surface area contributed by atoms with Crippen LogP contribution in [-0.2, 0) is 6.61 Å². The number of hydrazone groups is 1. The zero-order valence-corrected chi connectivity index (χ0v) is 17.4. The fraction of sp³-hybridized carbons (Fsp3) is 0.160. The Morgan fingerprint density at radius 1 is 0.839 bits per heavy atom. The number of carbonyl (C=O) groups excluding carboxylic acids is 2. The molecule has 3 aromatic carbocycles. The van der Waals surface area contributed by atoms with Crippen LogP contribution in [0, 0.1) is 0 Å². The Labute approximate surface area is 182 Å². The number of hydrogen-bond donors (Lipinski definition) is 2. The summed E-state index contributed by atoms with van der Waals surface area (Å²) in [6, 6.07) is 25.7. The molecule has 158 valence electrons. The van der Waals surface area contributed by atoms with E-state index in [1.807, 2.05) is 49.4 Å². The number of ether oxygens (including phenoxy) is 1. The molecular weight excluding hydrogens is 390 g/mol. The lowest BCUT2D eigenvalue weighted by Crippen LogP contribution is -2.31. The second-order valence-electron chi connectivity index (χ2n) is 6.79. The fourth-order valence-corrected chi connectivity index (χ4v) is 2.82. The highest BCUT2D eigenvalue weighted by atomic mass is 16.5. The molecule has 0 aliphatic carbocycles. The molecule has 6 nitrogen and oxygen atoms in total. The number of nitrogens with zero attached hydrogens (tertiary/aromatic N) is 1. The molecule has 0 saturated carbocycles. The highest BCUT2D eigenvalue weighted by Crippen LogP contribution is 2.19. The van der Waals surface area contributed by atoms with Crippen molar-refractivity contribution >= 4 is 17.5 Å². The SMILES string of the molecule is CC/C(CNC(=O)c1ccccc1)=N\NC(=O)c1ccccc1OCc1ccccc1. The molecule has 0 bridgehead atoms. The first-order chi connectivity index (χ1) is 15.2. The molecule has 31 heavy (non-hydrogen) atoms. The van der Waals surface area contributed by atoms with Crippen molar-refractivity contribution in [2.24, 2.45) is 5.10 Å². The summed E-state index contributed by atoms with van der Waals surface area (Å²) >= 11 is 0. The number of hydrogen-bond acceptors (Lipinski definition) is 4. The normalized spacial score (nSPS) is 10.9. The van der Waals surface area contributed by atoms with Gasteiger partial charge in [0.1, 0.15) is 12.4 Å². The lowest BCUT2D eigenvalue weighted by Gasteiger charge is -2.11. The Morgan fingerprint density at radius 3 is 2.19 bits per heavy atom. The third-order valence-corrected chi connectivity index (χ3v) is 4.58. The maximum Gasteiger partial charge on any atom is 0.275 e. The number of rotatable bonds is 9. The van der Waals surface area contributed by atoms with Gasteiger partial charge in [-0.3, -0.25) is 9.59 Å². The Balaban J connectivity index is 1.59. The van der Waals surface area contributed by atoms with Crippen LogP contribution in [0.4, 0.5) is 0 Å². The second-order valence-corrected chi connectivity index (χ2v) is 6.79. The minimum absolute atomic E-state index is 0.187. The maximum absolute atomic E-state index is 12.7. The average Bonchev–Trinajstić information content (AvgIpc) is 2.84. The number of amides is 2. The Hall–Kier alpha value is -3.93. The highest BCUT2D eigenvalue weighted by Gasteiger charge is 2.12. The summed E-state index contributed by atoms with van der Waals surface area (Å²) in [7, 11) is 0. The van der Waals surface area contributed by atoms with E-state index < -0.39 is 0 Å². The van der Waals surface area contributed by atoms with Gasteiger partial charge in [-0.2, -0.15) is 5.10 Å². The van der Waals surface area contributed by atoms with Crippen molar-refractivity contribution in [1.29, 1.82) is 0 Å². The molecule has 0 spiro atoms. The van der Waals surface area contributed by atoms with E-state index in [1.165, 1.54) is 0 Å². The van der Waals surface area contributed by atoms with Crippen molar-refractivity contribution in [3.05, 3.63) is 102 Å². The standard InChI is InChI=1S/C25H25N3O3/c1-2-21(17-26-24(29)20-13-7-4-8-14-20)27-28-25(30)22-15-9-10-16-23(22)31-18-19-11-5-3-6-12-19/h3-16H,2,17-18H2,1H3,(H,26,29)(H,28,30)/b27-21+. The summed E-state index contributed by atoms with van der Waals surface area (Å²) < 4.78 is 5.84. The van der Waals surface area contributed by atoms with E-state index in [1.54, 1.807) is 42.5 Å². The molecule has 0 saturated heterocycles. The molecule has 3 rings (SSSR count). The van der Waals surface area contributed by atoms with E-state index in [0.717, 1.165) is 5.56 Å². The lowest BCUT2D eigenvalue weighted by molar-refractivity contribution is 0.0948. The molecule has 0 fully saturated rings. The fourth-order valence-electron chi connectivity index (χ4n) is 2.82. The van der Waals surface area contributed by atoms with Crippen molar-refractivity contribution < 1.29 is 14.3 Å². The molecule has 0 atom stereocenters. The van der Waals surface area contributed by atoms with Crippen LogP contribution in [-0.4, -0.2) is 24.1 Å². The van der Waals surface area contributed by atoms with Crippen LogP contribution < -0.4 is 15.5 Å². The zero-order valence-electron chi connectivity index (χ0n) is 17.4. The molecule has 0 heterocycles. The molecule has 6 heteroatoms. The zero-order chi connectivity index (χ0) is 21.9. The van der Waals surface area contributed by atoms with Crippen LogP contribution in [0.3, 0.4) is 0 Å². The molecule has 0 aromatic heterocycles. The minimum Gasteiger partial charge on any atom is -0.488 e. The van der Waals surface area contributed by atoms with Gasteiger partial charge in [0.25, 0.3) is 11.8 Å². The topological polar surface area (TPSA) is 79.8 Å². The first-order valence-corrected chi connectivity index (χ1v) is 10.1. The van der Waals surface area contributed by atoms with E-state index in [4.69, 9.17) is 4.74 Å². The summed E-state index contributed by atoms with van der Waals surface area (Å²) in [5.74, 6) is -0.0776. The molecule has 0 radical (unpaired) electrons. The summed E-state index contributed by atoms with van der Waals surface area (Å²) in [6.45, 7) is 2.52. The predicted octanol–water partition coefficient (Wildman–Crippen LogP) is 4.19. The molecule has 3 aromatic rings. The highest BCUT2D eigenvalue weighted by molar-refractivity contribution is 5.99.